The van der Waals surface area contributed by atoms with Crippen molar-refractivity contribution >= 4 is 22.8 Å². The molecule has 0 bridgehead atoms. The van der Waals surface area contributed by atoms with Crippen molar-refractivity contribution in [1.82, 2.24) is 4.98 Å². The second-order valence-corrected chi connectivity index (χ2v) is 4.97. The van der Waals surface area contributed by atoms with Crippen LogP contribution in [0.5, 0.6) is 0 Å². The standard InChI is InChI=1S/C12H13N3O2S/c1-8-7-13-12(6-10(8)15(16)17)14-9(2)11-4-3-5-18-11/h3-7,9H,1-2H3,(H,13,14). The fourth-order valence-electron chi connectivity index (χ4n) is 1.62. The quantitative estimate of drug-likeness (QED) is 0.676. The first-order valence-electron chi connectivity index (χ1n) is 5.49. The van der Waals surface area contributed by atoms with Crippen LogP contribution in [0.4, 0.5) is 11.5 Å². The molecule has 6 heteroatoms. The van der Waals surface area contributed by atoms with Crippen molar-refractivity contribution in [1.29, 1.82) is 0 Å². The number of hydrogen-bond donors (Lipinski definition) is 1. The van der Waals surface area contributed by atoms with Gasteiger partial charge in [0.2, 0.25) is 0 Å². The largest absolute Gasteiger partial charge is 0.363 e. The molecule has 0 aliphatic heterocycles. The second-order valence-electron chi connectivity index (χ2n) is 3.99. The van der Waals surface area contributed by atoms with Crippen molar-refractivity contribution in [3.8, 4) is 0 Å². The van der Waals surface area contributed by atoms with Crippen LogP contribution in [0.2, 0.25) is 0 Å². The van der Waals surface area contributed by atoms with E-state index in [1.54, 1.807) is 18.3 Å². The minimum atomic E-state index is -0.391. The van der Waals surface area contributed by atoms with Crippen LogP contribution in [0.15, 0.2) is 29.8 Å². The van der Waals surface area contributed by atoms with Crippen molar-refractivity contribution in [2.45, 2.75) is 19.9 Å². The van der Waals surface area contributed by atoms with Crippen LogP contribution in [0.1, 0.15) is 23.4 Å². The SMILES string of the molecule is Cc1cnc(NC(C)c2cccs2)cc1[N+](=O)[O-]. The fraction of sp³-hybridized carbons (Fsp3) is 0.250. The zero-order chi connectivity index (χ0) is 13.1. The summed E-state index contributed by atoms with van der Waals surface area (Å²) in [4.78, 5) is 15.8. The lowest BCUT2D eigenvalue weighted by atomic mass is 10.2. The van der Waals surface area contributed by atoms with Crippen molar-refractivity contribution in [3.05, 3.63) is 50.3 Å². The number of nitrogens with zero attached hydrogens (tertiary/aromatic N) is 2. The van der Waals surface area contributed by atoms with E-state index in [9.17, 15) is 10.1 Å². The summed E-state index contributed by atoms with van der Waals surface area (Å²) in [7, 11) is 0. The van der Waals surface area contributed by atoms with Gasteiger partial charge in [0.15, 0.2) is 0 Å². The highest BCUT2D eigenvalue weighted by Gasteiger charge is 2.14. The number of hydrogen-bond acceptors (Lipinski definition) is 5. The monoisotopic (exact) mass is 263 g/mol. The fourth-order valence-corrected chi connectivity index (χ4v) is 2.35. The summed E-state index contributed by atoms with van der Waals surface area (Å²) in [6.07, 6.45) is 1.52. The minimum Gasteiger partial charge on any atom is -0.363 e. The Morgan fingerprint density at radius 2 is 2.33 bits per heavy atom. The molecule has 2 aromatic heterocycles. The van der Waals surface area contributed by atoms with Gasteiger partial charge in [0.05, 0.1) is 17.0 Å². The lowest BCUT2D eigenvalue weighted by Gasteiger charge is -2.12. The molecule has 0 amide bonds. The third-order valence-corrected chi connectivity index (χ3v) is 3.66. The van der Waals surface area contributed by atoms with E-state index in [2.05, 4.69) is 10.3 Å². The Hall–Kier alpha value is -1.95. The summed E-state index contributed by atoms with van der Waals surface area (Å²) < 4.78 is 0. The van der Waals surface area contributed by atoms with Crippen LogP contribution < -0.4 is 5.32 Å². The van der Waals surface area contributed by atoms with E-state index < -0.39 is 4.92 Å². The van der Waals surface area contributed by atoms with E-state index in [-0.39, 0.29) is 11.7 Å². The predicted molar refractivity (Wildman–Crippen MR) is 72.0 cm³/mol. The Kier molecular flexibility index (Phi) is 3.57. The molecule has 0 fully saturated rings. The summed E-state index contributed by atoms with van der Waals surface area (Å²) in [6.45, 7) is 3.68. The van der Waals surface area contributed by atoms with Crippen LogP contribution in [0, 0.1) is 17.0 Å². The van der Waals surface area contributed by atoms with Gasteiger partial charge in [-0.1, -0.05) is 6.07 Å². The van der Waals surface area contributed by atoms with Gasteiger partial charge in [-0.15, -0.1) is 11.3 Å². The average Bonchev–Trinajstić information content (AvgIpc) is 2.85. The number of rotatable bonds is 4. The highest BCUT2D eigenvalue weighted by molar-refractivity contribution is 7.10. The number of aryl methyl sites for hydroxylation is 1. The van der Waals surface area contributed by atoms with Crippen molar-refractivity contribution in [3.63, 3.8) is 0 Å². The van der Waals surface area contributed by atoms with Crippen LogP contribution in [-0.2, 0) is 0 Å². The molecule has 1 N–H and O–H groups in total. The van der Waals surface area contributed by atoms with Gasteiger partial charge in [-0.25, -0.2) is 4.98 Å². The minimum absolute atomic E-state index is 0.0832. The van der Waals surface area contributed by atoms with E-state index in [0.717, 1.165) is 0 Å². The van der Waals surface area contributed by atoms with Crippen molar-refractivity contribution in [2.75, 3.05) is 5.32 Å². The summed E-state index contributed by atoms with van der Waals surface area (Å²) in [6, 6.07) is 5.55. The molecule has 18 heavy (non-hydrogen) atoms. The molecule has 2 aromatic rings. The molecule has 2 rings (SSSR count). The first-order valence-corrected chi connectivity index (χ1v) is 6.37. The number of pyridine rings is 1. The molecule has 0 aliphatic rings. The predicted octanol–water partition coefficient (Wildman–Crippen LogP) is 3.53. The summed E-state index contributed by atoms with van der Waals surface area (Å²) >= 11 is 1.64. The summed E-state index contributed by atoms with van der Waals surface area (Å²) in [5.74, 6) is 0.521. The van der Waals surface area contributed by atoms with E-state index in [1.165, 1.54) is 17.1 Å². The Labute approximate surface area is 109 Å². The van der Waals surface area contributed by atoms with Crippen LogP contribution in [0.3, 0.4) is 0 Å². The van der Waals surface area contributed by atoms with Crippen molar-refractivity contribution in [2.24, 2.45) is 0 Å². The molecule has 2 heterocycles. The third-order valence-electron chi connectivity index (χ3n) is 2.61. The zero-order valence-electron chi connectivity index (χ0n) is 10.1. The maximum absolute atomic E-state index is 10.8. The molecule has 1 atom stereocenters. The van der Waals surface area contributed by atoms with Gasteiger partial charge in [-0.3, -0.25) is 10.1 Å². The lowest BCUT2D eigenvalue weighted by Crippen LogP contribution is -2.07. The van der Waals surface area contributed by atoms with Gasteiger partial charge in [0.1, 0.15) is 5.82 Å². The number of thiophene rings is 1. The number of anilines is 1. The van der Waals surface area contributed by atoms with Gasteiger partial charge in [-0.05, 0) is 25.3 Å². The van der Waals surface area contributed by atoms with E-state index >= 15 is 0 Å². The van der Waals surface area contributed by atoms with E-state index in [0.29, 0.717) is 11.4 Å². The average molecular weight is 263 g/mol. The molecule has 5 nitrogen and oxygen atoms in total. The Bertz CT molecular complexity index is 554. The summed E-state index contributed by atoms with van der Waals surface area (Å²) in [5, 5.41) is 16.0. The maximum Gasteiger partial charge on any atom is 0.277 e. The lowest BCUT2D eigenvalue weighted by molar-refractivity contribution is -0.385. The van der Waals surface area contributed by atoms with E-state index in [4.69, 9.17) is 0 Å². The second kappa shape index (κ2) is 5.14. The Morgan fingerprint density at radius 1 is 1.56 bits per heavy atom. The summed E-state index contributed by atoms with van der Waals surface area (Å²) in [5.41, 5.74) is 0.653. The molecular weight excluding hydrogens is 250 g/mol. The van der Waals surface area contributed by atoms with Gasteiger partial charge in [0.25, 0.3) is 5.69 Å². The highest BCUT2D eigenvalue weighted by Crippen LogP contribution is 2.25. The highest BCUT2D eigenvalue weighted by atomic mass is 32.1. The Balaban J connectivity index is 2.20. The van der Waals surface area contributed by atoms with Gasteiger partial charge in [0, 0.05) is 16.6 Å². The molecule has 0 aliphatic carbocycles. The topological polar surface area (TPSA) is 68.1 Å². The molecule has 1 unspecified atom stereocenters. The molecular formula is C12H13N3O2S. The van der Waals surface area contributed by atoms with Crippen LogP contribution in [-0.4, -0.2) is 9.91 Å². The number of nitro groups is 1. The number of aromatic nitrogens is 1. The first-order chi connectivity index (χ1) is 8.58. The van der Waals surface area contributed by atoms with Crippen LogP contribution in [0.25, 0.3) is 0 Å². The van der Waals surface area contributed by atoms with Gasteiger partial charge in [-0.2, -0.15) is 0 Å². The smallest absolute Gasteiger partial charge is 0.277 e. The third kappa shape index (κ3) is 2.65. The molecule has 0 aromatic carbocycles. The zero-order valence-corrected chi connectivity index (χ0v) is 10.9. The van der Waals surface area contributed by atoms with Crippen molar-refractivity contribution < 1.29 is 4.92 Å². The molecule has 0 radical (unpaired) electrons. The van der Waals surface area contributed by atoms with Gasteiger partial charge >= 0.3 is 0 Å². The Morgan fingerprint density at radius 3 is 2.94 bits per heavy atom. The first kappa shape index (κ1) is 12.5. The van der Waals surface area contributed by atoms with Gasteiger partial charge < -0.3 is 5.32 Å². The molecule has 0 saturated carbocycles. The number of nitrogens with one attached hydrogen (secondary N) is 1. The maximum atomic E-state index is 10.8. The molecule has 94 valence electrons. The van der Waals surface area contributed by atoms with Crippen LogP contribution >= 0.6 is 11.3 Å². The normalized spacial score (nSPS) is 12.1. The molecule has 0 saturated heterocycles. The molecule has 0 spiro atoms. The van der Waals surface area contributed by atoms with E-state index in [1.807, 2.05) is 24.4 Å².